The molecule has 2 aromatic carbocycles. The zero-order valence-corrected chi connectivity index (χ0v) is 17.9. The summed E-state index contributed by atoms with van der Waals surface area (Å²) in [5.41, 5.74) is 3.60. The van der Waals surface area contributed by atoms with E-state index in [2.05, 4.69) is 82.0 Å². The van der Waals surface area contributed by atoms with E-state index < -0.39 is 8.07 Å². The van der Waals surface area contributed by atoms with Crippen molar-refractivity contribution in [2.75, 3.05) is 0 Å². The molecule has 2 heterocycles. The maximum atomic E-state index is 4.76. The molecule has 0 radical (unpaired) electrons. The summed E-state index contributed by atoms with van der Waals surface area (Å²) in [5.74, 6) is 0.511. The van der Waals surface area contributed by atoms with Gasteiger partial charge in [0.25, 0.3) is 0 Å². The maximum Gasteiger partial charge on any atom is 0.0776 e. The van der Waals surface area contributed by atoms with E-state index >= 15 is 0 Å². The van der Waals surface area contributed by atoms with Crippen molar-refractivity contribution in [1.29, 1.82) is 0 Å². The van der Waals surface area contributed by atoms with Crippen LogP contribution in [0.25, 0.3) is 31.4 Å². The number of thiophene rings is 1. The zero-order valence-electron chi connectivity index (χ0n) is 16.1. The molecule has 2 aromatic heterocycles. The Hall–Kier alpha value is -1.97. The molecule has 0 aliphatic rings. The van der Waals surface area contributed by atoms with Gasteiger partial charge in [-0.1, -0.05) is 75.1 Å². The molecule has 0 aliphatic heterocycles. The van der Waals surface area contributed by atoms with Gasteiger partial charge in [-0.15, -0.1) is 11.3 Å². The van der Waals surface area contributed by atoms with Crippen LogP contribution in [0.2, 0.25) is 19.6 Å². The number of hydrogen-bond donors (Lipinski definition) is 0. The van der Waals surface area contributed by atoms with E-state index in [0.29, 0.717) is 5.92 Å². The lowest BCUT2D eigenvalue weighted by molar-refractivity contribution is 0.859. The second-order valence-corrected chi connectivity index (χ2v) is 14.5. The molecular formula is C23H25NSSi. The summed E-state index contributed by atoms with van der Waals surface area (Å²) in [7, 11) is -1.30. The van der Waals surface area contributed by atoms with Crippen LogP contribution in [-0.4, -0.2) is 13.1 Å². The molecule has 0 atom stereocenters. The van der Waals surface area contributed by atoms with Gasteiger partial charge in [-0.25, -0.2) is 0 Å². The molecule has 0 amide bonds. The number of fused-ring (bicyclic) bond motifs is 3. The van der Waals surface area contributed by atoms with Crippen LogP contribution in [0.3, 0.4) is 0 Å². The van der Waals surface area contributed by atoms with Crippen LogP contribution in [0.5, 0.6) is 0 Å². The summed E-state index contributed by atoms with van der Waals surface area (Å²) in [6.45, 7) is 11.6. The minimum absolute atomic E-state index is 0.511. The summed E-state index contributed by atoms with van der Waals surface area (Å²) >= 11 is 1.91. The third kappa shape index (κ3) is 2.99. The van der Waals surface area contributed by atoms with Crippen LogP contribution >= 0.6 is 11.3 Å². The Morgan fingerprint density at radius 2 is 1.73 bits per heavy atom. The Morgan fingerprint density at radius 3 is 2.38 bits per heavy atom. The Labute approximate surface area is 160 Å². The summed E-state index contributed by atoms with van der Waals surface area (Å²) in [5, 5.41) is 4.24. The molecule has 0 bridgehead atoms. The Bertz CT molecular complexity index is 1090. The number of benzene rings is 2. The highest BCUT2D eigenvalue weighted by Crippen LogP contribution is 2.39. The van der Waals surface area contributed by atoms with Gasteiger partial charge in [0.1, 0.15) is 0 Å². The molecule has 4 aromatic rings. The second kappa shape index (κ2) is 6.33. The first kappa shape index (κ1) is 17.4. The molecule has 0 aliphatic carbocycles. The van der Waals surface area contributed by atoms with Crippen LogP contribution < -0.4 is 5.19 Å². The van der Waals surface area contributed by atoms with Crippen molar-refractivity contribution in [3.05, 3.63) is 60.3 Å². The van der Waals surface area contributed by atoms with Gasteiger partial charge in [-0.3, -0.25) is 4.98 Å². The van der Waals surface area contributed by atoms with E-state index in [4.69, 9.17) is 4.98 Å². The van der Waals surface area contributed by atoms with Crippen LogP contribution in [0.15, 0.2) is 54.7 Å². The summed E-state index contributed by atoms with van der Waals surface area (Å²) in [6, 6.07) is 18.1. The highest BCUT2D eigenvalue weighted by atomic mass is 32.1. The average molecular weight is 376 g/mol. The van der Waals surface area contributed by atoms with Crippen molar-refractivity contribution in [2.24, 2.45) is 0 Å². The lowest BCUT2D eigenvalue weighted by Gasteiger charge is -2.16. The van der Waals surface area contributed by atoms with Crippen LogP contribution in [0.1, 0.15) is 25.3 Å². The number of nitrogens with zero attached hydrogens (tertiary/aromatic N) is 1. The number of aromatic nitrogens is 1. The van der Waals surface area contributed by atoms with Gasteiger partial charge in [0.2, 0.25) is 0 Å². The molecule has 132 valence electrons. The molecular weight excluding hydrogens is 350 g/mol. The van der Waals surface area contributed by atoms with Gasteiger partial charge in [0.05, 0.1) is 13.8 Å². The van der Waals surface area contributed by atoms with Crippen molar-refractivity contribution in [2.45, 2.75) is 39.4 Å². The van der Waals surface area contributed by atoms with E-state index in [1.807, 2.05) is 17.5 Å². The first-order valence-electron chi connectivity index (χ1n) is 9.26. The minimum Gasteiger partial charge on any atom is -0.256 e. The fraction of sp³-hybridized carbons (Fsp3) is 0.261. The van der Waals surface area contributed by atoms with Crippen molar-refractivity contribution in [3.63, 3.8) is 0 Å². The second-order valence-electron chi connectivity index (χ2n) is 8.38. The van der Waals surface area contributed by atoms with Crippen LogP contribution in [-0.2, 0) is 0 Å². The topological polar surface area (TPSA) is 12.9 Å². The summed E-state index contributed by atoms with van der Waals surface area (Å²) in [6.07, 6.45) is 2.02. The SMILES string of the molecule is CC(C)c1ccc(-c2cccc3c2sc2cc([Si](C)(C)C)ccc23)nc1. The van der Waals surface area contributed by atoms with Crippen molar-refractivity contribution in [1.82, 2.24) is 4.98 Å². The monoisotopic (exact) mass is 375 g/mol. The standard InChI is InChI=1S/C23H25NSSi/c1-15(2)16-9-12-21(24-14-16)20-8-6-7-19-18-11-10-17(26(3,4)5)13-22(18)25-23(19)20/h6-15H,1-5H3. The number of rotatable bonds is 3. The van der Waals surface area contributed by atoms with E-state index in [0.717, 1.165) is 5.69 Å². The van der Waals surface area contributed by atoms with E-state index in [1.165, 1.54) is 36.5 Å². The van der Waals surface area contributed by atoms with Crippen molar-refractivity contribution < 1.29 is 0 Å². The van der Waals surface area contributed by atoms with E-state index in [1.54, 1.807) is 0 Å². The molecule has 0 unspecified atom stereocenters. The Kier molecular flexibility index (Phi) is 4.24. The van der Waals surface area contributed by atoms with E-state index in [-0.39, 0.29) is 0 Å². The zero-order chi connectivity index (χ0) is 18.5. The quantitative estimate of drug-likeness (QED) is 0.359. The first-order valence-corrected chi connectivity index (χ1v) is 13.6. The Balaban J connectivity index is 1.91. The number of pyridine rings is 1. The number of hydrogen-bond acceptors (Lipinski definition) is 2. The lowest BCUT2D eigenvalue weighted by atomic mass is 10.0. The molecule has 26 heavy (non-hydrogen) atoms. The molecule has 0 spiro atoms. The third-order valence-electron chi connectivity index (χ3n) is 5.09. The van der Waals surface area contributed by atoms with Gasteiger partial charge < -0.3 is 0 Å². The molecule has 4 rings (SSSR count). The molecule has 0 fully saturated rings. The molecule has 0 saturated carbocycles. The average Bonchev–Trinajstić information content (AvgIpc) is 2.99. The predicted molar refractivity (Wildman–Crippen MR) is 120 cm³/mol. The van der Waals surface area contributed by atoms with Gasteiger partial charge >= 0.3 is 0 Å². The molecule has 3 heteroatoms. The summed E-state index contributed by atoms with van der Waals surface area (Å²) < 4.78 is 2.74. The highest BCUT2D eigenvalue weighted by Gasteiger charge is 2.18. The smallest absolute Gasteiger partial charge is 0.0776 e. The molecule has 0 N–H and O–H groups in total. The minimum atomic E-state index is -1.30. The van der Waals surface area contributed by atoms with Gasteiger partial charge in [0, 0.05) is 31.9 Å². The normalized spacial score (nSPS) is 12.4. The van der Waals surface area contributed by atoms with Crippen molar-refractivity contribution in [3.8, 4) is 11.3 Å². The van der Waals surface area contributed by atoms with Crippen LogP contribution in [0, 0.1) is 0 Å². The van der Waals surface area contributed by atoms with E-state index in [9.17, 15) is 0 Å². The third-order valence-corrected chi connectivity index (χ3v) is 8.34. The lowest BCUT2D eigenvalue weighted by Crippen LogP contribution is -2.37. The largest absolute Gasteiger partial charge is 0.256 e. The van der Waals surface area contributed by atoms with Gasteiger partial charge in [-0.05, 0) is 23.6 Å². The van der Waals surface area contributed by atoms with Crippen molar-refractivity contribution >= 4 is 44.8 Å². The molecule has 0 saturated heterocycles. The maximum absolute atomic E-state index is 4.76. The fourth-order valence-electron chi connectivity index (χ4n) is 3.37. The van der Waals surface area contributed by atoms with Gasteiger partial charge in [0.15, 0.2) is 0 Å². The first-order chi connectivity index (χ1) is 12.3. The fourth-order valence-corrected chi connectivity index (χ4v) is 5.90. The van der Waals surface area contributed by atoms with Gasteiger partial charge in [-0.2, -0.15) is 0 Å². The Morgan fingerprint density at radius 1 is 0.923 bits per heavy atom. The highest BCUT2D eigenvalue weighted by molar-refractivity contribution is 7.26. The predicted octanol–water partition coefficient (Wildman–Crippen LogP) is 6.79. The molecule has 1 nitrogen and oxygen atoms in total. The summed E-state index contributed by atoms with van der Waals surface area (Å²) in [4.78, 5) is 4.76. The van der Waals surface area contributed by atoms with Crippen LogP contribution in [0.4, 0.5) is 0 Å².